The van der Waals surface area contributed by atoms with E-state index in [2.05, 4.69) is 0 Å². The maximum atomic E-state index is 12.0. The Balaban J connectivity index is 1.94. The van der Waals surface area contributed by atoms with Crippen molar-refractivity contribution in [2.45, 2.75) is 45.8 Å². The normalized spacial score (nSPS) is 18.7. The van der Waals surface area contributed by atoms with E-state index in [9.17, 15) is 4.79 Å². The molecule has 1 aromatic carbocycles. The highest BCUT2D eigenvalue weighted by Crippen LogP contribution is 2.26. The van der Waals surface area contributed by atoms with Crippen molar-refractivity contribution in [3.63, 3.8) is 0 Å². The molecule has 1 saturated heterocycles. The van der Waals surface area contributed by atoms with Crippen LogP contribution in [0.2, 0.25) is 0 Å². The fraction of sp³-hybridized carbons (Fsp3) is 0.562. The van der Waals surface area contributed by atoms with Crippen molar-refractivity contribution in [2.75, 3.05) is 18.8 Å². The second-order valence-corrected chi connectivity index (χ2v) is 6.43. The van der Waals surface area contributed by atoms with Gasteiger partial charge in [-0.3, -0.25) is 0 Å². The third kappa shape index (κ3) is 4.03. The molecule has 2 rings (SSSR count). The van der Waals surface area contributed by atoms with Crippen molar-refractivity contribution in [2.24, 2.45) is 0 Å². The molecule has 0 aromatic heterocycles. The van der Waals surface area contributed by atoms with E-state index >= 15 is 0 Å². The summed E-state index contributed by atoms with van der Waals surface area (Å²) in [5.41, 5.74) is 7.06. The van der Waals surface area contributed by atoms with Crippen LogP contribution in [-0.4, -0.2) is 35.8 Å². The van der Waals surface area contributed by atoms with Crippen LogP contribution in [0, 0.1) is 6.92 Å². The molecule has 0 spiro atoms. The standard InChI is InChI=1S/C16H24N2O3/c1-11-13(17)6-5-7-14(11)20-12-8-9-18(10-12)15(19)21-16(2,3)4/h5-7,12H,8-10,17H2,1-4H3. The molecule has 1 aromatic rings. The van der Waals surface area contributed by atoms with Crippen molar-refractivity contribution in [3.8, 4) is 5.75 Å². The van der Waals surface area contributed by atoms with E-state index in [1.54, 1.807) is 4.90 Å². The Bertz CT molecular complexity index is 523. The summed E-state index contributed by atoms with van der Waals surface area (Å²) in [6.45, 7) is 8.73. The molecule has 5 heteroatoms. The summed E-state index contributed by atoms with van der Waals surface area (Å²) < 4.78 is 11.3. The van der Waals surface area contributed by atoms with Gasteiger partial charge in [-0.25, -0.2) is 4.79 Å². The van der Waals surface area contributed by atoms with Crippen molar-refractivity contribution in [1.82, 2.24) is 4.90 Å². The number of carbonyl (C=O) groups excluding carboxylic acids is 1. The monoisotopic (exact) mass is 292 g/mol. The van der Waals surface area contributed by atoms with Crippen LogP contribution in [0.3, 0.4) is 0 Å². The van der Waals surface area contributed by atoms with Gasteiger partial charge in [0.15, 0.2) is 0 Å². The first kappa shape index (κ1) is 15.5. The zero-order valence-corrected chi connectivity index (χ0v) is 13.2. The molecular weight excluding hydrogens is 268 g/mol. The molecule has 0 saturated carbocycles. The number of ether oxygens (including phenoxy) is 2. The first-order chi connectivity index (χ1) is 9.76. The molecule has 21 heavy (non-hydrogen) atoms. The first-order valence-electron chi connectivity index (χ1n) is 7.26. The number of benzene rings is 1. The van der Waals surface area contributed by atoms with Gasteiger partial charge in [-0.2, -0.15) is 0 Å². The number of hydrogen-bond acceptors (Lipinski definition) is 4. The molecule has 1 fully saturated rings. The number of likely N-dealkylation sites (tertiary alicyclic amines) is 1. The lowest BCUT2D eigenvalue weighted by molar-refractivity contribution is 0.0275. The number of rotatable bonds is 2. The summed E-state index contributed by atoms with van der Waals surface area (Å²) in [6.07, 6.45) is 0.504. The number of nitrogens with zero attached hydrogens (tertiary/aromatic N) is 1. The van der Waals surface area contributed by atoms with E-state index in [-0.39, 0.29) is 12.2 Å². The topological polar surface area (TPSA) is 64.8 Å². The van der Waals surface area contributed by atoms with E-state index in [1.807, 2.05) is 45.9 Å². The molecule has 2 N–H and O–H groups in total. The highest BCUT2D eigenvalue weighted by molar-refractivity contribution is 5.68. The fourth-order valence-corrected chi connectivity index (χ4v) is 2.26. The average Bonchev–Trinajstić information content (AvgIpc) is 2.82. The second kappa shape index (κ2) is 5.84. The van der Waals surface area contributed by atoms with E-state index in [1.165, 1.54) is 0 Å². The Morgan fingerprint density at radius 3 is 2.76 bits per heavy atom. The molecule has 0 radical (unpaired) electrons. The minimum absolute atomic E-state index is 0.0157. The second-order valence-electron chi connectivity index (χ2n) is 6.43. The van der Waals surface area contributed by atoms with E-state index in [0.29, 0.717) is 13.1 Å². The summed E-state index contributed by atoms with van der Waals surface area (Å²) in [5.74, 6) is 0.783. The minimum atomic E-state index is -0.472. The molecule has 1 unspecified atom stereocenters. The molecule has 1 atom stereocenters. The predicted octanol–water partition coefficient (Wildman–Crippen LogP) is 2.97. The van der Waals surface area contributed by atoms with Gasteiger partial charge in [0.05, 0.1) is 6.54 Å². The number of amides is 1. The van der Waals surface area contributed by atoms with Crippen molar-refractivity contribution in [1.29, 1.82) is 0 Å². The number of hydrogen-bond donors (Lipinski definition) is 1. The number of carbonyl (C=O) groups is 1. The van der Waals surface area contributed by atoms with Crippen molar-refractivity contribution in [3.05, 3.63) is 23.8 Å². The Kier molecular flexibility index (Phi) is 4.30. The van der Waals surface area contributed by atoms with Crippen LogP contribution < -0.4 is 10.5 Å². The third-order valence-corrected chi connectivity index (χ3v) is 3.42. The molecule has 0 bridgehead atoms. The highest BCUT2D eigenvalue weighted by Gasteiger charge is 2.31. The lowest BCUT2D eigenvalue weighted by atomic mass is 10.2. The van der Waals surface area contributed by atoms with Crippen LogP contribution in [0.25, 0.3) is 0 Å². The zero-order chi connectivity index (χ0) is 15.6. The maximum absolute atomic E-state index is 12.0. The summed E-state index contributed by atoms with van der Waals surface area (Å²) in [7, 11) is 0. The SMILES string of the molecule is Cc1c(N)cccc1OC1CCN(C(=O)OC(C)(C)C)C1. The van der Waals surface area contributed by atoms with Crippen LogP contribution in [-0.2, 0) is 4.74 Å². The molecule has 1 amide bonds. The van der Waals surface area contributed by atoms with Crippen LogP contribution >= 0.6 is 0 Å². The Labute approximate surface area is 126 Å². The highest BCUT2D eigenvalue weighted by atomic mass is 16.6. The van der Waals surface area contributed by atoms with Crippen molar-refractivity contribution < 1.29 is 14.3 Å². The Morgan fingerprint density at radius 1 is 1.38 bits per heavy atom. The van der Waals surface area contributed by atoms with E-state index < -0.39 is 5.60 Å². The minimum Gasteiger partial charge on any atom is -0.488 e. The predicted molar refractivity (Wildman–Crippen MR) is 82.4 cm³/mol. The van der Waals surface area contributed by atoms with Crippen LogP contribution in [0.5, 0.6) is 5.75 Å². The first-order valence-corrected chi connectivity index (χ1v) is 7.26. The molecule has 5 nitrogen and oxygen atoms in total. The quantitative estimate of drug-likeness (QED) is 0.851. The molecule has 1 aliphatic rings. The van der Waals surface area contributed by atoms with Crippen LogP contribution in [0.4, 0.5) is 10.5 Å². The van der Waals surface area contributed by atoms with E-state index in [0.717, 1.165) is 23.4 Å². The number of nitrogens with two attached hydrogens (primary N) is 1. The Hall–Kier alpha value is -1.91. The van der Waals surface area contributed by atoms with Gasteiger partial charge in [-0.05, 0) is 39.8 Å². The Morgan fingerprint density at radius 2 is 2.10 bits per heavy atom. The average molecular weight is 292 g/mol. The summed E-state index contributed by atoms with van der Waals surface area (Å²) in [6, 6.07) is 5.63. The molecule has 1 aliphatic heterocycles. The van der Waals surface area contributed by atoms with Gasteiger partial charge in [-0.15, -0.1) is 0 Å². The van der Waals surface area contributed by atoms with Gasteiger partial charge in [0.1, 0.15) is 17.5 Å². The van der Waals surface area contributed by atoms with Gasteiger partial charge >= 0.3 is 6.09 Å². The van der Waals surface area contributed by atoms with Gasteiger partial charge in [0.2, 0.25) is 0 Å². The van der Waals surface area contributed by atoms with E-state index in [4.69, 9.17) is 15.2 Å². The fourth-order valence-electron chi connectivity index (χ4n) is 2.26. The van der Waals surface area contributed by atoms with Gasteiger partial charge in [0, 0.05) is 24.2 Å². The molecule has 1 heterocycles. The summed E-state index contributed by atoms with van der Waals surface area (Å²) >= 11 is 0. The lowest BCUT2D eigenvalue weighted by Gasteiger charge is -2.24. The van der Waals surface area contributed by atoms with Gasteiger partial charge in [0.25, 0.3) is 0 Å². The largest absolute Gasteiger partial charge is 0.488 e. The summed E-state index contributed by atoms with van der Waals surface area (Å²) in [5, 5.41) is 0. The molecule has 116 valence electrons. The summed E-state index contributed by atoms with van der Waals surface area (Å²) in [4.78, 5) is 13.7. The third-order valence-electron chi connectivity index (χ3n) is 3.42. The van der Waals surface area contributed by atoms with Crippen LogP contribution in [0.1, 0.15) is 32.8 Å². The van der Waals surface area contributed by atoms with Gasteiger partial charge < -0.3 is 20.1 Å². The van der Waals surface area contributed by atoms with Gasteiger partial charge in [-0.1, -0.05) is 6.07 Å². The van der Waals surface area contributed by atoms with Crippen LogP contribution in [0.15, 0.2) is 18.2 Å². The molecule has 0 aliphatic carbocycles. The van der Waals surface area contributed by atoms with Crippen molar-refractivity contribution >= 4 is 11.8 Å². The maximum Gasteiger partial charge on any atom is 0.410 e. The molecular formula is C16H24N2O3. The zero-order valence-electron chi connectivity index (χ0n) is 13.2. The smallest absolute Gasteiger partial charge is 0.410 e. The number of anilines is 1. The lowest BCUT2D eigenvalue weighted by Crippen LogP contribution is -2.36. The number of nitrogen functional groups attached to an aromatic ring is 1.